The van der Waals surface area contributed by atoms with Crippen molar-refractivity contribution in [3.05, 3.63) is 65.0 Å². The van der Waals surface area contributed by atoms with E-state index in [0.717, 1.165) is 12.1 Å². The Labute approximate surface area is 124 Å². The summed E-state index contributed by atoms with van der Waals surface area (Å²) in [7, 11) is 1.41. The van der Waals surface area contributed by atoms with Gasteiger partial charge < -0.3 is 4.74 Å². The van der Waals surface area contributed by atoms with E-state index in [-0.39, 0.29) is 5.56 Å². The van der Waals surface area contributed by atoms with Gasteiger partial charge in [0.15, 0.2) is 0 Å². The Hall–Kier alpha value is -1.75. The molecule has 0 aliphatic carbocycles. The first-order chi connectivity index (χ1) is 9.82. The van der Waals surface area contributed by atoms with Gasteiger partial charge in [-0.25, -0.2) is 4.39 Å². The molecule has 2 rings (SSSR count). The summed E-state index contributed by atoms with van der Waals surface area (Å²) >= 11 is 6.14. The maximum Gasteiger partial charge on any atom is 0.416 e. The van der Waals surface area contributed by atoms with Gasteiger partial charge in [0.25, 0.3) is 0 Å². The standard InChI is InChI=1S/C15H11ClF4O/c1-21-11-6-7-12(13(17)8-11)14(16)9-2-4-10(5-3-9)15(18,19)20/h2-8,14H,1H3. The summed E-state index contributed by atoms with van der Waals surface area (Å²) in [5.41, 5.74) is -0.212. The first-order valence-corrected chi connectivity index (χ1v) is 6.41. The Kier molecular flexibility index (Phi) is 4.42. The number of alkyl halides is 4. The number of ether oxygens (including phenoxy) is 1. The van der Waals surface area contributed by atoms with Crippen LogP contribution in [0, 0.1) is 5.82 Å². The Morgan fingerprint density at radius 3 is 2.14 bits per heavy atom. The molecule has 0 radical (unpaired) electrons. The predicted octanol–water partition coefficient (Wildman–Crippen LogP) is 5.18. The Balaban J connectivity index is 2.30. The topological polar surface area (TPSA) is 9.23 Å². The SMILES string of the molecule is COc1ccc(C(Cl)c2ccc(C(F)(F)F)cc2)c(F)c1. The van der Waals surface area contributed by atoms with Crippen LogP contribution in [0.15, 0.2) is 42.5 Å². The third kappa shape index (κ3) is 3.47. The minimum Gasteiger partial charge on any atom is -0.497 e. The van der Waals surface area contributed by atoms with Crippen LogP contribution in [0.4, 0.5) is 17.6 Å². The summed E-state index contributed by atoms with van der Waals surface area (Å²) in [4.78, 5) is 0. The second kappa shape index (κ2) is 5.93. The van der Waals surface area contributed by atoms with Gasteiger partial charge in [0.2, 0.25) is 0 Å². The summed E-state index contributed by atoms with van der Waals surface area (Å²) in [6.07, 6.45) is -4.41. The van der Waals surface area contributed by atoms with Crippen molar-refractivity contribution in [1.29, 1.82) is 0 Å². The second-order valence-electron chi connectivity index (χ2n) is 4.37. The number of halogens is 5. The lowest BCUT2D eigenvalue weighted by atomic mass is 10.0. The summed E-state index contributed by atoms with van der Waals surface area (Å²) in [5.74, 6) is -0.234. The predicted molar refractivity (Wildman–Crippen MR) is 72.1 cm³/mol. The van der Waals surface area contributed by atoms with Crippen LogP contribution in [-0.2, 0) is 6.18 Å². The molecule has 0 aliphatic rings. The fourth-order valence-corrected chi connectivity index (χ4v) is 2.18. The smallest absolute Gasteiger partial charge is 0.416 e. The minimum atomic E-state index is -4.41. The molecular weight excluding hydrogens is 308 g/mol. The summed E-state index contributed by atoms with van der Waals surface area (Å²) in [6, 6.07) is 8.49. The molecule has 0 N–H and O–H groups in total. The zero-order chi connectivity index (χ0) is 15.6. The Morgan fingerprint density at radius 2 is 1.67 bits per heavy atom. The third-order valence-corrected chi connectivity index (χ3v) is 3.50. The monoisotopic (exact) mass is 318 g/mol. The van der Waals surface area contributed by atoms with Gasteiger partial charge in [-0.2, -0.15) is 13.2 Å². The molecule has 2 aromatic rings. The van der Waals surface area contributed by atoms with E-state index in [2.05, 4.69) is 0 Å². The lowest BCUT2D eigenvalue weighted by molar-refractivity contribution is -0.137. The highest BCUT2D eigenvalue weighted by Crippen LogP contribution is 2.34. The molecule has 0 aromatic heterocycles. The molecule has 1 atom stereocenters. The van der Waals surface area contributed by atoms with Crippen LogP contribution in [0.3, 0.4) is 0 Å². The van der Waals surface area contributed by atoms with Gasteiger partial charge >= 0.3 is 6.18 Å². The van der Waals surface area contributed by atoms with Crippen molar-refractivity contribution >= 4 is 11.6 Å². The van der Waals surface area contributed by atoms with Crippen molar-refractivity contribution in [2.24, 2.45) is 0 Å². The number of benzene rings is 2. The number of methoxy groups -OCH3 is 1. The minimum absolute atomic E-state index is 0.178. The molecule has 21 heavy (non-hydrogen) atoms. The summed E-state index contributed by atoms with van der Waals surface area (Å²) in [5, 5.41) is -0.877. The number of hydrogen-bond donors (Lipinski definition) is 0. The van der Waals surface area contributed by atoms with Crippen LogP contribution >= 0.6 is 11.6 Å². The summed E-state index contributed by atoms with van der Waals surface area (Å²) < 4.78 is 56.2. The van der Waals surface area contributed by atoms with Crippen LogP contribution in [-0.4, -0.2) is 7.11 Å². The van der Waals surface area contributed by atoms with Crippen LogP contribution in [0.1, 0.15) is 22.1 Å². The van der Waals surface area contributed by atoms with Crippen molar-refractivity contribution in [3.8, 4) is 5.75 Å². The maximum atomic E-state index is 13.9. The average molecular weight is 319 g/mol. The van der Waals surface area contributed by atoms with Crippen molar-refractivity contribution in [1.82, 2.24) is 0 Å². The molecule has 0 spiro atoms. The van der Waals surface area contributed by atoms with Crippen molar-refractivity contribution in [3.63, 3.8) is 0 Å². The van der Waals surface area contributed by atoms with E-state index in [1.807, 2.05) is 0 Å². The zero-order valence-corrected chi connectivity index (χ0v) is 11.7. The zero-order valence-electron chi connectivity index (χ0n) is 10.9. The Morgan fingerprint density at radius 1 is 1.05 bits per heavy atom. The van der Waals surface area contributed by atoms with Gasteiger partial charge in [0, 0.05) is 11.6 Å². The molecule has 6 heteroatoms. The van der Waals surface area contributed by atoms with Crippen LogP contribution in [0.5, 0.6) is 5.75 Å². The van der Waals surface area contributed by atoms with Crippen LogP contribution in [0.2, 0.25) is 0 Å². The highest BCUT2D eigenvalue weighted by Gasteiger charge is 2.30. The van der Waals surface area contributed by atoms with E-state index < -0.39 is 22.9 Å². The van der Waals surface area contributed by atoms with E-state index in [0.29, 0.717) is 11.3 Å². The molecular formula is C15H11ClF4O. The lowest BCUT2D eigenvalue weighted by Gasteiger charge is -2.13. The van der Waals surface area contributed by atoms with Gasteiger partial charge in [-0.05, 0) is 23.8 Å². The van der Waals surface area contributed by atoms with Gasteiger partial charge in [0.1, 0.15) is 11.6 Å². The third-order valence-electron chi connectivity index (χ3n) is 3.01. The molecule has 0 aliphatic heterocycles. The molecule has 0 fully saturated rings. The molecule has 1 unspecified atom stereocenters. The van der Waals surface area contributed by atoms with E-state index in [4.69, 9.17) is 16.3 Å². The van der Waals surface area contributed by atoms with Gasteiger partial charge in [0.05, 0.1) is 18.1 Å². The summed E-state index contributed by atoms with van der Waals surface area (Å²) in [6.45, 7) is 0. The molecule has 0 heterocycles. The highest BCUT2D eigenvalue weighted by molar-refractivity contribution is 6.22. The van der Waals surface area contributed by atoms with Crippen molar-refractivity contribution in [2.45, 2.75) is 11.6 Å². The molecule has 1 nitrogen and oxygen atoms in total. The normalized spacial score (nSPS) is 13.0. The molecule has 0 saturated carbocycles. The average Bonchev–Trinajstić information content (AvgIpc) is 2.45. The van der Waals surface area contributed by atoms with Crippen LogP contribution < -0.4 is 4.74 Å². The van der Waals surface area contributed by atoms with E-state index in [1.54, 1.807) is 0 Å². The molecule has 112 valence electrons. The van der Waals surface area contributed by atoms with Gasteiger partial charge in [-0.1, -0.05) is 18.2 Å². The van der Waals surface area contributed by atoms with Crippen LogP contribution in [0.25, 0.3) is 0 Å². The maximum absolute atomic E-state index is 13.9. The fraction of sp³-hybridized carbons (Fsp3) is 0.200. The lowest BCUT2D eigenvalue weighted by Crippen LogP contribution is -2.05. The van der Waals surface area contributed by atoms with Gasteiger partial charge in [-0.3, -0.25) is 0 Å². The number of hydrogen-bond acceptors (Lipinski definition) is 1. The largest absolute Gasteiger partial charge is 0.497 e. The van der Waals surface area contributed by atoms with E-state index in [9.17, 15) is 17.6 Å². The van der Waals surface area contributed by atoms with E-state index in [1.165, 1.54) is 37.4 Å². The van der Waals surface area contributed by atoms with E-state index >= 15 is 0 Å². The highest BCUT2D eigenvalue weighted by atomic mass is 35.5. The molecule has 0 bridgehead atoms. The van der Waals surface area contributed by atoms with Crippen molar-refractivity contribution < 1.29 is 22.3 Å². The first kappa shape index (κ1) is 15.6. The molecule has 0 amide bonds. The van der Waals surface area contributed by atoms with Crippen molar-refractivity contribution in [2.75, 3.05) is 7.11 Å². The fourth-order valence-electron chi connectivity index (χ4n) is 1.86. The number of rotatable bonds is 3. The Bertz CT molecular complexity index is 623. The molecule has 2 aromatic carbocycles. The van der Waals surface area contributed by atoms with Gasteiger partial charge in [-0.15, -0.1) is 11.6 Å². The first-order valence-electron chi connectivity index (χ1n) is 5.97. The quantitative estimate of drug-likeness (QED) is 0.559. The molecule has 0 saturated heterocycles. The second-order valence-corrected chi connectivity index (χ2v) is 4.81.